The molecule has 1 aliphatic rings. The van der Waals surface area contributed by atoms with Gasteiger partial charge in [0.05, 0.1) is 17.1 Å². The Balaban J connectivity index is 1.43. The summed E-state index contributed by atoms with van der Waals surface area (Å²) in [5, 5.41) is 8.11. The Bertz CT molecular complexity index is 1200. The van der Waals surface area contributed by atoms with Crippen molar-refractivity contribution in [3.8, 4) is 11.1 Å². The molecule has 1 aliphatic heterocycles. The number of aromatic amines is 1. The number of rotatable bonds is 5. The molecule has 0 aliphatic carbocycles. The zero-order valence-corrected chi connectivity index (χ0v) is 18.6. The van der Waals surface area contributed by atoms with Crippen molar-refractivity contribution in [2.45, 2.75) is 38.9 Å². The number of fused-ring (bicyclic) bond motifs is 1. The van der Waals surface area contributed by atoms with Crippen LogP contribution < -0.4 is 15.5 Å². The lowest BCUT2D eigenvalue weighted by molar-refractivity contribution is 0.405. The number of nitrogens with zero attached hydrogens (tertiary/aromatic N) is 5. The summed E-state index contributed by atoms with van der Waals surface area (Å²) in [6, 6.07) is 11.1. The molecule has 32 heavy (non-hydrogen) atoms. The Morgan fingerprint density at radius 1 is 1.06 bits per heavy atom. The fourth-order valence-electron chi connectivity index (χ4n) is 4.48. The van der Waals surface area contributed by atoms with E-state index in [2.05, 4.69) is 74.4 Å². The van der Waals surface area contributed by atoms with Crippen molar-refractivity contribution >= 4 is 22.7 Å². The normalized spacial score (nSPS) is 19.8. The second-order valence-corrected chi connectivity index (χ2v) is 8.54. The highest BCUT2D eigenvalue weighted by Crippen LogP contribution is 2.33. The summed E-state index contributed by atoms with van der Waals surface area (Å²) in [6.45, 7) is 8.45. The lowest BCUT2D eigenvalue weighted by Gasteiger charge is -2.37. The van der Waals surface area contributed by atoms with Crippen LogP contribution >= 0.6 is 0 Å². The molecule has 8 nitrogen and oxygen atoms in total. The van der Waals surface area contributed by atoms with Crippen LogP contribution in [0.15, 0.2) is 55.2 Å². The van der Waals surface area contributed by atoms with Crippen LogP contribution in [0.25, 0.3) is 22.2 Å². The van der Waals surface area contributed by atoms with E-state index in [1.807, 2.05) is 18.3 Å². The lowest BCUT2D eigenvalue weighted by atomic mass is 10.1. The minimum atomic E-state index is -0.0222. The van der Waals surface area contributed by atoms with Gasteiger partial charge in [-0.05, 0) is 50.6 Å². The zero-order chi connectivity index (χ0) is 22.1. The summed E-state index contributed by atoms with van der Waals surface area (Å²) in [5.41, 5.74) is 3.89. The van der Waals surface area contributed by atoms with Crippen molar-refractivity contribution in [3.05, 3.63) is 60.9 Å². The summed E-state index contributed by atoms with van der Waals surface area (Å²) in [7, 11) is 0. The maximum Gasteiger partial charge on any atom is 0.143 e. The van der Waals surface area contributed by atoms with Gasteiger partial charge < -0.3 is 20.5 Å². The van der Waals surface area contributed by atoms with Crippen LogP contribution in [0.3, 0.4) is 0 Å². The van der Waals surface area contributed by atoms with Gasteiger partial charge in [-0.1, -0.05) is 6.07 Å². The van der Waals surface area contributed by atoms with Crippen molar-refractivity contribution in [1.29, 1.82) is 0 Å². The minimum absolute atomic E-state index is 0.0222. The average Bonchev–Trinajstić information content (AvgIpc) is 3.24. The van der Waals surface area contributed by atoms with Gasteiger partial charge in [-0.3, -0.25) is 4.98 Å². The van der Waals surface area contributed by atoms with E-state index in [1.165, 1.54) is 0 Å². The molecular weight excluding hydrogens is 400 g/mol. The Morgan fingerprint density at radius 2 is 1.84 bits per heavy atom. The molecule has 0 unspecified atom stereocenters. The standard InChI is InChI=1S/C24H28N8/c1-15-12-32(13-16(2)29-15)21-6-4-5-20(31-21)17(3)30-24-22-19(18-7-9-25-10-8-18)11-26-23(22)27-14-28-24/h4-11,14-17,29H,12-13H2,1-3H3,(H2,26,27,28,30)/t15-,16+,17-/m0/s1. The highest BCUT2D eigenvalue weighted by Gasteiger charge is 2.23. The summed E-state index contributed by atoms with van der Waals surface area (Å²) >= 11 is 0. The lowest BCUT2D eigenvalue weighted by Crippen LogP contribution is -2.54. The summed E-state index contributed by atoms with van der Waals surface area (Å²) in [5.74, 6) is 1.80. The van der Waals surface area contributed by atoms with E-state index in [0.29, 0.717) is 12.1 Å². The van der Waals surface area contributed by atoms with Crippen LogP contribution in [0.4, 0.5) is 11.6 Å². The van der Waals surface area contributed by atoms with Crippen molar-refractivity contribution in [2.75, 3.05) is 23.3 Å². The predicted molar refractivity (Wildman–Crippen MR) is 128 cm³/mol. The number of hydrogen-bond donors (Lipinski definition) is 3. The van der Waals surface area contributed by atoms with Crippen molar-refractivity contribution in [3.63, 3.8) is 0 Å². The number of piperazine rings is 1. The third-order valence-electron chi connectivity index (χ3n) is 5.90. The summed E-state index contributed by atoms with van der Waals surface area (Å²) < 4.78 is 0. The van der Waals surface area contributed by atoms with Crippen LogP contribution in [-0.4, -0.2) is 50.1 Å². The molecule has 0 amide bonds. The quantitative estimate of drug-likeness (QED) is 0.445. The van der Waals surface area contributed by atoms with Gasteiger partial charge in [-0.2, -0.15) is 0 Å². The molecule has 0 bridgehead atoms. The van der Waals surface area contributed by atoms with E-state index in [1.54, 1.807) is 18.7 Å². The van der Waals surface area contributed by atoms with Gasteiger partial charge in [0.2, 0.25) is 0 Å². The Kier molecular flexibility index (Phi) is 5.45. The summed E-state index contributed by atoms with van der Waals surface area (Å²) in [6.07, 6.45) is 7.13. The van der Waals surface area contributed by atoms with E-state index in [0.717, 1.165) is 52.6 Å². The molecule has 0 radical (unpaired) electrons. The third-order valence-corrected chi connectivity index (χ3v) is 5.90. The SMILES string of the molecule is C[C@@H]1CN(c2cccc([C@H](C)Nc3ncnc4[nH]cc(-c5ccncc5)c34)n2)C[C@H](C)N1. The molecule has 8 heteroatoms. The molecule has 5 heterocycles. The van der Waals surface area contributed by atoms with E-state index in [-0.39, 0.29) is 6.04 Å². The molecule has 1 fully saturated rings. The van der Waals surface area contributed by atoms with Crippen molar-refractivity contribution < 1.29 is 0 Å². The van der Waals surface area contributed by atoms with Crippen LogP contribution in [0.5, 0.6) is 0 Å². The second-order valence-electron chi connectivity index (χ2n) is 8.54. The van der Waals surface area contributed by atoms with E-state index < -0.39 is 0 Å². The first-order valence-electron chi connectivity index (χ1n) is 11.1. The number of H-pyrrole nitrogens is 1. The summed E-state index contributed by atoms with van der Waals surface area (Å²) in [4.78, 5) is 23.7. The van der Waals surface area contributed by atoms with Crippen LogP contribution in [0.2, 0.25) is 0 Å². The first-order chi connectivity index (χ1) is 15.6. The van der Waals surface area contributed by atoms with Gasteiger partial charge in [0.25, 0.3) is 0 Å². The topological polar surface area (TPSA) is 94.6 Å². The van der Waals surface area contributed by atoms with Crippen LogP contribution in [0.1, 0.15) is 32.5 Å². The van der Waals surface area contributed by atoms with E-state index in [9.17, 15) is 0 Å². The Labute approximate surface area is 187 Å². The van der Waals surface area contributed by atoms with E-state index >= 15 is 0 Å². The molecule has 4 aromatic rings. The highest BCUT2D eigenvalue weighted by atomic mass is 15.3. The first-order valence-corrected chi connectivity index (χ1v) is 11.1. The molecule has 0 aromatic carbocycles. The van der Waals surface area contributed by atoms with Crippen LogP contribution in [-0.2, 0) is 0 Å². The van der Waals surface area contributed by atoms with Crippen molar-refractivity contribution in [2.24, 2.45) is 0 Å². The van der Waals surface area contributed by atoms with Crippen LogP contribution in [0, 0.1) is 0 Å². The smallest absolute Gasteiger partial charge is 0.143 e. The average molecular weight is 429 g/mol. The Morgan fingerprint density at radius 3 is 2.62 bits per heavy atom. The number of hydrogen-bond acceptors (Lipinski definition) is 7. The molecule has 5 rings (SSSR count). The number of nitrogens with one attached hydrogen (secondary N) is 3. The van der Waals surface area contributed by atoms with Gasteiger partial charge in [0.1, 0.15) is 23.6 Å². The molecule has 164 valence electrons. The van der Waals surface area contributed by atoms with Crippen molar-refractivity contribution in [1.82, 2.24) is 30.2 Å². The van der Waals surface area contributed by atoms with Gasteiger partial charge >= 0.3 is 0 Å². The second kappa shape index (κ2) is 8.55. The number of anilines is 2. The molecule has 3 atom stereocenters. The van der Waals surface area contributed by atoms with Gasteiger partial charge in [-0.25, -0.2) is 15.0 Å². The molecular formula is C24H28N8. The molecule has 0 spiro atoms. The maximum absolute atomic E-state index is 4.99. The highest BCUT2D eigenvalue weighted by molar-refractivity contribution is 6.00. The monoisotopic (exact) mass is 428 g/mol. The zero-order valence-electron chi connectivity index (χ0n) is 18.6. The number of pyridine rings is 2. The van der Waals surface area contributed by atoms with E-state index in [4.69, 9.17) is 4.98 Å². The fraction of sp³-hybridized carbons (Fsp3) is 0.333. The largest absolute Gasteiger partial charge is 0.361 e. The minimum Gasteiger partial charge on any atom is -0.361 e. The fourth-order valence-corrected chi connectivity index (χ4v) is 4.48. The predicted octanol–water partition coefficient (Wildman–Crippen LogP) is 3.77. The molecule has 4 aromatic heterocycles. The third kappa shape index (κ3) is 4.01. The molecule has 1 saturated heterocycles. The van der Waals surface area contributed by atoms with Gasteiger partial charge in [0, 0.05) is 49.3 Å². The van der Waals surface area contributed by atoms with Gasteiger partial charge in [0.15, 0.2) is 0 Å². The molecule has 3 N–H and O–H groups in total. The first kappa shape index (κ1) is 20.4. The Hall–Kier alpha value is -3.52. The number of aromatic nitrogens is 5. The maximum atomic E-state index is 4.99. The van der Waals surface area contributed by atoms with Gasteiger partial charge in [-0.15, -0.1) is 0 Å². The molecule has 0 saturated carbocycles.